The highest BCUT2D eigenvalue weighted by atomic mass is 16.6. The molecule has 11 nitrogen and oxygen atoms in total. The van der Waals surface area contributed by atoms with E-state index in [-0.39, 0.29) is 22.9 Å². The van der Waals surface area contributed by atoms with Crippen LogP contribution in [0.25, 0.3) is 0 Å². The molecule has 1 N–H and O–H groups in total. The summed E-state index contributed by atoms with van der Waals surface area (Å²) >= 11 is 0. The molecule has 0 saturated carbocycles. The smallest absolute Gasteiger partial charge is 0.326 e. The summed E-state index contributed by atoms with van der Waals surface area (Å²) in [5.41, 5.74) is 0.706. The Labute approximate surface area is 196 Å². The first-order chi connectivity index (χ1) is 16.3. The van der Waals surface area contributed by atoms with Gasteiger partial charge in [-0.15, -0.1) is 0 Å². The van der Waals surface area contributed by atoms with Crippen molar-refractivity contribution in [2.75, 3.05) is 44.7 Å². The lowest BCUT2D eigenvalue weighted by atomic mass is 10.1. The average molecular weight is 470 g/mol. The van der Waals surface area contributed by atoms with Crippen molar-refractivity contribution in [2.45, 2.75) is 13.0 Å². The molecule has 11 heteroatoms. The van der Waals surface area contributed by atoms with Crippen LogP contribution in [0.1, 0.15) is 17.3 Å². The fourth-order valence-corrected chi connectivity index (χ4v) is 3.60. The monoisotopic (exact) mass is 470 g/mol. The van der Waals surface area contributed by atoms with E-state index in [4.69, 9.17) is 9.47 Å². The Hall–Kier alpha value is -4.15. The molecule has 0 bridgehead atoms. The summed E-state index contributed by atoms with van der Waals surface area (Å²) in [6.07, 6.45) is -1.00. The second-order valence-electron chi connectivity index (χ2n) is 7.61. The Kier molecular flexibility index (Phi) is 8.01. The third-order valence-corrected chi connectivity index (χ3v) is 5.40. The maximum atomic E-state index is 12.7. The molecule has 3 rings (SSSR count). The highest BCUT2D eigenvalue weighted by Gasteiger charge is 2.27. The molecule has 1 saturated heterocycles. The van der Waals surface area contributed by atoms with Gasteiger partial charge in [0.05, 0.1) is 12.0 Å². The van der Waals surface area contributed by atoms with Gasteiger partial charge in [-0.25, -0.2) is 0 Å². The van der Waals surface area contributed by atoms with Crippen LogP contribution in [0.15, 0.2) is 48.5 Å². The number of benzene rings is 2. The molecule has 0 aromatic heterocycles. The Balaban J connectivity index is 1.46. The lowest BCUT2D eigenvalue weighted by Crippen LogP contribution is -2.52. The van der Waals surface area contributed by atoms with Gasteiger partial charge in [0.2, 0.25) is 0 Å². The normalized spacial score (nSPS) is 14.2. The average Bonchev–Trinajstić information content (AvgIpc) is 2.86. The number of anilines is 1. The second-order valence-corrected chi connectivity index (χ2v) is 7.61. The van der Waals surface area contributed by atoms with E-state index in [1.807, 2.05) is 30.3 Å². The minimum atomic E-state index is -1.00. The molecule has 2 amide bonds. The van der Waals surface area contributed by atoms with Gasteiger partial charge in [-0.1, -0.05) is 18.2 Å². The topological polar surface area (TPSA) is 131 Å². The predicted molar refractivity (Wildman–Crippen MR) is 123 cm³/mol. The van der Waals surface area contributed by atoms with Gasteiger partial charge < -0.3 is 24.6 Å². The van der Waals surface area contributed by atoms with Gasteiger partial charge in [0.1, 0.15) is 6.54 Å². The molecule has 1 aliphatic heterocycles. The van der Waals surface area contributed by atoms with Crippen LogP contribution in [0.4, 0.5) is 11.4 Å². The Morgan fingerprint density at radius 3 is 2.38 bits per heavy atom. The number of piperazine rings is 1. The summed E-state index contributed by atoms with van der Waals surface area (Å²) in [6, 6.07) is 13.6. The van der Waals surface area contributed by atoms with Crippen molar-refractivity contribution in [3.05, 3.63) is 64.2 Å². The number of nitrogens with one attached hydrogen (secondary N) is 1. The van der Waals surface area contributed by atoms with Gasteiger partial charge in [0, 0.05) is 43.5 Å². The number of nitro benzene ring substituents is 1. The molecule has 1 atom stereocenters. The minimum absolute atomic E-state index is 0.0119. The van der Waals surface area contributed by atoms with E-state index in [0.717, 1.165) is 11.8 Å². The number of hydrogen-bond donors (Lipinski definition) is 1. The summed E-state index contributed by atoms with van der Waals surface area (Å²) in [5, 5.41) is 13.5. The van der Waals surface area contributed by atoms with Crippen LogP contribution in [-0.4, -0.2) is 73.5 Å². The number of carbonyl (C=O) groups is 3. The predicted octanol–water partition coefficient (Wildman–Crippen LogP) is 1.61. The molecule has 0 aliphatic carbocycles. The number of esters is 1. The number of rotatable bonds is 8. The van der Waals surface area contributed by atoms with E-state index in [9.17, 15) is 24.5 Å². The number of hydrogen-bond acceptors (Lipinski definition) is 8. The van der Waals surface area contributed by atoms with Crippen molar-refractivity contribution in [3.8, 4) is 5.75 Å². The fraction of sp³-hybridized carbons (Fsp3) is 0.348. The van der Waals surface area contributed by atoms with Gasteiger partial charge in [-0.05, 0) is 31.2 Å². The van der Waals surface area contributed by atoms with Crippen LogP contribution < -0.4 is 15.0 Å². The zero-order valence-electron chi connectivity index (χ0n) is 18.9. The maximum absolute atomic E-state index is 12.7. The SMILES string of the molecule is COc1ccc(C(=O)NCC(=O)O[C@H](C)C(=O)N2CCN(c3ccccc3)CC2)cc1[N+](=O)[O-]. The van der Waals surface area contributed by atoms with Crippen LogP contribution in [0.2, 0.25) is 0 Å². The summed E-state index contributed by atoms with van der Waals surface area (Å²) in [5.74, 6) is -1.78. The maximum Gasteiger partial charge on any atom is 0.326 e. The molecule has 0 unspecified atom stereocenters. The fourth-order valence-electron chi connectivity index (χ4n) is 3.60. The van der Waals surface area contributed by atoms with Crippen molar-refractivity contribution in [1.82, 2.24) is 10.2 Å². The van der Waals surface area contributed by atoms with E-state index < -0.39 is 29.4 Å². The van der Waals surface area contributed by atoms with Crippen LogP contribution in [-0.2, 0) is 14.3 Å². The summed E-state index contributed by atoms with van der Waals surface area (Å²) in [6.45, 7) is 3.34. The molecule has 1 fully saturated rings. The third kappa shape index (κ3) is 6.00. The lowest BCUT2D eigenvalue weighted by molar-refractivity contribution is -0.385. The molecule has 34 heavy (non-hydrogen) atoms. The standard InChI is InChI=1S/C23H26N4O7/c1-16(23(30)26-12-10-25(11-13-26)18-6-4-3-5-7-18)34-21(28)15-24-22(29)17-8-9-20(33-2)19(14-17)27(31)32/h3-9,14,16H,10-13,15H2,1-2H3,(H,24,29)/t16-/m1/s1. The van der Waals surface area contributed by atoms with Gasteiger partial charge >= 0.3 is 11.7 Å². The molecule has 1 heterocycles. The molecular formula is C23H26N4O7. The molecule has 180 valence electrons. The van der Waals surface area contributed by atoms with E-state index in [0.29, 0.717) is 26.2 Å². The molecule has 2 aromatic rings. The number of carbonyl (C=O) groups excluding carboxylic acids is 3. The molecule has 1 aliphatic rings. The molecule has 2 aromatic carbocycles. The van der Waals surface area contributed by atoms with E-state index >= 15 is 0 Å². The van der Waals surface area contributed by atoms with E-state index in [1.165, 1.54) is 26.2 Å². The minimum Gasteiger partial charge on any atom is -0.490 e. The van der Waals surface area contributed by atoms with Crippen LogP contribution >= 0.6 is 0 Å². The van der Waals surface area contributed by atoms with Crippen LogP contribution in [0.3, 0.4) is 0 Å². The van der Waals surface area contributed by atoms with Crippen molar-refractivity contribution in [3.63, 3.8) is 0 Å². The molecular weight excluding hydrogens is 444 g/mol. The first kappa shape index (κ1) is 24.5. The zero-order chi connectivity index (χ0) is 24.7. The van der Waals surface area contributed by atoms with Gasteiger partial charge in [0.25, 0.3) is 11.8 Å². The summed E-state index contributed by atoms with van der Waals surface area (Å²) in [4.78, 5) is 51.4. The number of nitrogens with zero attached hydrogens (tertiary/aromatic N) is 3. The van der Waals surface area contributed by atoms with Gasteiger partial charge in [0.15, 0.2) is 11.9 Å². The van der Waals surface area contributed by atoms with E-state index in [2.05, 4.69) is 10.2 Å². The molecule has 0 spiro atoms. The van der Waals surface area contributed by atoms with Crippen LogP contribution in [0, 0.1) is 10.1 Å². The number of ether oxygens (including phenoxy) is 2. The van der Waals surface area contributed by atoms with Gasteiger partial charge in [-0.2, -0.15) is 0 Å². The summed E-state index contributed by atoms with van der Waals surface area (Å²) < 4.78 is 10.1. The third-order valence-electron chi connectivity index (χ3n) is 5.40. The second kappa shape index (κ2) is 11.1. The summed E-state index contributed by atoms with van der Waals surface area (Å²) in [7, 11) is 1.28. The number of amides is 2. The first-order valence-electron chi connectivity index (χ1n) is 10.7. The Morgan fingerprint density at radius 2 is 1.76 bits per heavy atom. The Bertz CT molecular complexity index is 1050. The number of para-hydroxylation sites is 1. The first-order valence-corrected chi connectivity index (χ1v) is 10.7. The van der Waals surface area contributed by atoms with E-state index in [1.54, 1.807) is 4.90 Å². The quantitative estimate of drug-likeness (QED) is 0.350. The largest absolute Gasteiger partial charge is 0.490 e. The van der Waals surface area contributed by atoms with Crippen LogP contribution in [0.5, 0.6) is 5.75 Å². The number of nitro groups is 1. The van der Waals surface area contributed by atoms with Crippen molar-refractivity contribution in [1.29, 1.82) is 0 Å². The van der Waals surface area contributed by atoms with Crippen molar-refractivity contribution < 1.29 is 28.8 Å². The van der Waals surface area contributed by atoms with Gasteiger partial charge in [-0.3, -0.25) is 24.5 Å². The highest BCUT2D eigenvalue weighted by Crippen LogP contribution is 2.27. The number of methoxy groups -OCH3 is 1. The van der Waals surface area contributed by atoms with Crippen molar-refractivity contribution in [2.24, 2.45) is 0 Å². The highest BCUT2D eigenvalue weighted by molar-refractivity contribution is 5.97. The lowest BCUT2D eigenvalue weighted by Gasteiger charge is -2.37. The van der Waals surface area contributed by atoms with Crippen molar-refractivity contribution >= 4 is 29.2 Å². The molecule has 0 radical (unpaired) electrons. The zero-order valence-corrected chi connectivity index (χ0v) is 18.9. The Morgan fingerprint density at radius 1 is 1.09 bits per heavy atom.